The quantitative estimate of drug-likeness (QED) is 0.654. The number of aliphatic imine (C=N–C) groups is 1. The number of halogens is 3. The number of hydrogen-bond donors (Lipinski definition) is 0. The Kier molecular flexibility index (Phi) is 3.02. The molecule has 14 heavy (non-hydrogen) atoms. The molecule has 0 aromatic heterocycles. The molecule has 1 unspecified atom stereocenters. The summed E-state index contributed by atoms with van der Waals surface area (Å²) in [5.41, 5.74) is -0.299. The second kappa shape index (κ2) is 3.75. The van der Waals surface area contributed by atoms with Crippen molar-refractivity contribution < 1.29 is 13.2 Å². The van der Waals surface area contributed by atoms with E-state index in [-0.39, 0.29) is 30.2 Å². The minimum Gasteiger partial charge on any atom is -0.280 e. The van der Waals surface area contributed by atoms with Gasteiger partial charge in [0.15, 0.2) is 0 Å². The summed E-state index contributed by atoms with van der Waals surface area (Å²) in [6.45, 7) is 4.05. The van der Waals surface area contributed by atoms with E-state index in [1.807, 2.05) is 0 Å². The summed E-state index contributed by atoms with van der Waals surface area (Å²) in [7, 11) is 0. The molecule has 0 aliphatic carbocycles. The second-order valence-electron chi connectivity index (χ2n) is 3.66. The van der Waals surface area contributed by atoms with Crippen LogP contribution in [0, 0.1) is 0 Å². The molecule has 1 atom stereocenters. The van der Waals surface area contributed by atoms with Crippen molar-refractivity contribution in [2.75, 3.05) is 0 Å². The molecule has 0 bridgehead atoms. The molecule has 4 heteroatoms. The van der Waals surface area contributed by atoms with Gasteiger partial charge >= 0.3 is 0 Å². The molecule has 1 nitrogen and oxygen atoms in total. The van der Waals surface area contributed by atoms with Gasteiger partial charge in [-0.2, -0.15) is 8.78 Å². The van der Waals surface area contributed by atoms with E-state index in [9.17, 15) is 13.2 Å². The fraction of sp³-hybridized carbons (Fsp3) is 0.700. The zero-order chi connectivity index (χ0) is 10.9. The lowest BCUT2D eigenvalue weighted by molar-refractivity contribution is 0.0993. The highest BCUT2D eigenvalue weighted by Gasteiger charge is 2.35. The van der Waals surface area contributed by atoms with Gasteiger partial charge in [-0.05, 0) is 13.3 Å². The lowest BCUT2D eigenvalue weighted by Crippen LogP contribution is -2.31. The Morgan fingerprint density at radius 1 is 1.50 bits per heavy atom. The van der Waals surface area contributed by atoms with Gasteiger partial charge in [0, 0.05) is 18.9 Å². The predicted molar refractivity (Wildman–Crippen MR) is 50.6 cm³/mol. The normalized spacial score (nSPS) is 23.9. The Hall–Kier alpha value is -0.800. The van der Waals surface area contributed by atoms with Gasteiger partial charge in [0.1, 0.15) is 11.5 Å². The lowest BCUT2D eigenvalue weighted by atomic mass is 9.96. The van der Waals surface area contributed by atoms with Crippen LogP contribution in [-0.2, 0) is 0 Å². The van der Waals surface area contributed by atoms with Crippen LogP contribution >= 0.6 is 0 Å². The Labute approximate surface area is 81.7 Å². The third-order valence-corrected chi connectivity index (χ3v) is 2.21. The molecule has 0 N–H and O–H groups in total. The van der Waals surface area contributed by atoms with Crippen LogP contribution in [0.1, 0.15) is 33.6 Å². The zero-order valence-electron chi connectivity index (χ0n) is 8.57. The van der Waals surface area contributed by atoms with Gasteiger partial charge < -0.3 is 0 Å². The second-order valence-corrected chi connectivity index (χ2v) is 3.66. The van der Waals surface area contributed by atoms with Crippen LogP contribution in [0.5, 0.6) is 0 Å². The van der Waals surface area contributed by atoms with E-state index in [1.54, 1.807) is 13.8 Å². The maximum atomic E-state index is 13.3. The van der Waals surface area contributed by atoms with Crippen LogP contribution in [0.15, 0.2) is 16.4 Å². The van der Waals surface area contributed by atoms with E-state index in [4.69, 9.17) is 0 Å². The molecule has 0 aromatic carbocycles. The van der Waals surface area contributed by atoms with Crippen molar-refractivity contribution in [3.63, 3.8) is 0 Å². The molecule has 1 aliphatic rings. The Bertz CT molecular complexity index is 286. The van der Waals surface area contributed by atoms with Crippen molar-refractivity contribution in [3.05, 3.63) is 11.4 Å². The van der Waals surface area contributed by atoms with Crippen LogP contribution < -0.4 is 0 Å². The molecule has 0 aromatic rings. The number of nitrogens with zero attached hydrogens (tertiary/aromatic N) is 1. The van der Waals surface area contributed by atoms with Crippen LogP contribution in [0.4, 0.5) is 13.2 Å². The van der Waals surface area contributed by atoms with Crippen molar-refractivity contribution in [2.24, 2.45) is 4.99 Å². The third-order valence-electron chi connectivity index (χ3n) is 2.21. The van der Waals surface area contributed by atoms with Crippen molar-refractivity contribution in [1.29, 1.82) is 0 Å². The van der Waals surface area contributed by atoms with Crippen molar-refractivity contribution in [2.45, 2.75) is 45.6 Å². The van der Waals surface area contributed by atoms with Crippen molar-refractivity contribution in [3.8, 4) is 0 Å². The minimum absolute atomic E-state index is 0.0793. The van der Waals surface area contributed by atoms with Gasteiger partial charge in [-0.15, -0.1) is 0 Å². The standard InChI is InChI=1S/C10H14F3N/c1-4-7-8(11)5-6(2)14-9(7)10(3,12)13/h6H,4-5H2,1-3H3. The summed E-state index contributed by atoms with van der Waals surface area (Å²) in [6, 6.07) is -0.383. The highest BCUT2D eigenvalue weighted by atomic mass is 19.3. The fourth-order valence-corrected chi connectivity index (χ4v) is 1.59. The van der Waals surface area contributed by atoms with Crippen LogP contribution in [0.2, 0.25) is 0 Å². The molecule has 0 spiro atoms. The number of dihydropyridines is 1. The summed E-state index contributed by atoms with van der Waals surface area (Å²) in [5, 5.41) is 0. The van der Waals surface area contributed by atoms with E-state index in [0.29, 0.717) is 0 Å². The average molecular weight is 205 g/mol. The summed E-state index contributed by atoms with van der Waals surface area (Å²) in [5.74, 6) is -3.48. The van der Waals surface area contributed by atoms with Crippen LogP contribution in [0.3, 0.4) is 0 Å². The highest BCUT2D eigenvalue weighted by molar-refractivity contribution is 6.05. The molecular weight excluding hydrogens is 191 g/mol. The maximum absolute atomic E-state index is 13.3. The lowest BCUT2D eigenvalue weighted by Gasteiger charge is -2.23. The fourth-order valence-electron chi connectivity index (χ4n) is 1.59. The molecule has 0 radical (unpaired) electrons. The Morgan fingerprint density at radius 2 is 2.07 bits per heavy atom. The molecule has 0 saturated heterocycles. The number of alkyl halides is 2. The van der Waals surface area contributed by atoms with E-state index < -0.39 is 11.7 Å². The smallest absolute Gasteiger partial charge is 0.280 e. The largest absolute Gasteiger partial charge is 0.286 e. The molecule has 0 saturated carbocycles. The molecule has 1 heterocycles. The molecule has 1 aliphatic heterocycles. The summed E-state index contributed by atoms with van der Waals surface area (Å²) in [4.78, 5) is 3.82. The van der Waals surface area contributed by atoms with Gasteiger partial charge in [-0.25, -0.2) is 4.39 Å². The number of hydrogen-bond acceptors (Lipinski definition) is 1. The van der Waals surface area contributed by atoms with Crippen molar-refractivity contribution >= 4 is 5.71 Å². The van der Waals surface area contributed by atoms with E-state index >= 15 is 0 Å². The molecule has 0 fully saturated rings. The van der Waals surface area contributed by atoms with E-state index in [1.165, 1.54) is 0 Å². The van der Waals surface area contributed by atoms with E-state index in [2.05, 4.69) is 4.99 Å². The number of rotatable bonds is 2. The van der Waals surface area contributed by atoms with Gasteiger partial charge in [-0.1, -0.05) is 6.92 Å². The first-order chi connectivity index (χ1) is 6.36. The first-order valence-corrected chi connectivity index (χ1v) is 4.70. The molecule has 1 rings (SSSR count). The monoisotopic (exact) mass is 205 g/mol. The van der Waals surface area contributed by atoms with Gasteiger partial charge in [-0.3, -0.25) is 4.99 Å². The van der Waals surface area contributed by atoms with Gasteiger partial charge in [0.05, 0.1) is 6.04 Å². The SMILES string of the molecule is CCC1=C(F)CC(C)N=C1C(C)(F)F. The summed E-state index contributed by atoms with van der Waals surface area (Å²) in [6.07, 6.45) is 0.406. The van der Waals surface area contributed by atoms with Gasteiger partial charge in [0.2, 0.25) is 0 Å². The molecule has 0 amide bonds. The Morgan fingerprint density at radius 3 is 2.50 bits per heavy atom. The first kappa shape index (κ1) is 11.3. The minimum atomic E-state index is -3.04. The molecular formula is C10H14F3N. The van der Waals surface area contributed by atoms with Crippen molar-refractivity contribution in [1.82, 2.24) is 0 Å². The Balaban J connectivity index is 3.12. The predicted octanol–water partition coefficient (Wildman–Crippen LogP) is 3.51. The maximum Gasteiger partial charge on any atom is 0.286 e. The average Bonchev–Trinajstić information content (AvgIpc) is 2.01. The molecule has 80 valence electrons. The van der Waals surface area contributed by atoms with Gasteiger partial charge in [0.25, 0.3) is 5.92 Å². The summed E-state index contributed by atoms with van der Waals surface area (Å²) < 4.78 is 39.5. The summed E-state index contributed by atoms with van der Waals surface area (Å²) >= 11 is 0. The topological polar surface area (TPSA) is 12.4 Å². The van der Waals surface area contributed by atoms with E-state index in [0.717, 1.165) is 6.92 Å². The first-order valence-electron chi connectivity index (χ1n) is 4.70. The van der Waals surface area contributed by atoms with Crippen LogP contribution in [-0.4, -0.2) is 17.7 Å². The highest BCUT2D eigenvalue weighted by Crippen LogP contribution is 2.31. The third kappa shape index (κ3) is 2.16. The number of allylic oxidation sites excluding steroid dienone is 1. The zero-order valence-corrected chi connectivity index (χ0v) is 8.57. The van der Waals surface area contributed by atoms with Crippen LogP contribution in [0.25, 0.3) is 0 Å².